The minimum Gasteiger partial charge on any atom is -0.309 e. The first-order valence-corrected chi connectivity index (χ1v) is 20.4. The predicted octanol–water partition coefficient (Wildman–Crippen LogP) is 17.6. The number of hydrogen-bond donors (Lipinski definition) is 0. The molecule has 1 nitrogen and oxygen atoms in total. The fourth-order valence-electron chi connectivity index (χ4n) is 9.50. The average molecular weight is 901 g/mol. The molecule has 0 aliphatic heterocycles. The number of nitrogens with zero attached hydrogens (tertiary/aromatic N) is 1. The molecule has 0 atom stereocenters. The van der Waals surface area contributed by atoms with Crippen molar-refractivity contribution in [1.82, 2.24) is 4.57 Å². The van der Waals surface area contributed by atoms with Crippen LogP contribution in [0, 0.1) is 0 Å². The van der Waals surface area contributed by atoms with E-state index in [0.29, 0.717) is 4.57 Å². The van der Waals surface area contributed by atoms with Gasteiger partial charge in [0.2, 0.25) is 0 Å². The predicted molar refractivity (Wildman–Crippen MR) is 286 cm³/mol. The van der Waals surface area contributed by atoms with E-state index in [1.807, 2.05) is 0 Å². The van der Waals surface area contributed by atoms with E-state index < -0.39 is 391 Å². The minimum absolute atomic E-state index is 0.537. The fraction of sp³-hybridized carbons (Fsp3) is 0.0149. The summed E-state index contributed by atoms with van der Waals surface area (Å²) in [5.41, 5.74) is -17.2. The van der Waals surface area contributed by atoms with Crippen molar-refractivity contribution in [3.8, 4) is 61.3 Å². The molecule has 2 aliphatic rings. The van der Waals surface area contributed by atoms with Gasteiger partial charge in [0.05, 0.1) is 72.6 Å². The van der Waals surface area contributed by atoms with E-state index in [9.17, 15) is 34.3 Å². The van der Waals surface area contributed by atoms with Crippen molar-refractivity contribution in [2.24, 2.45) is 0 Å². The van der Waals surface area contributed by atoms with Gasteiger partial charge in [-0.15, -0.1) is 0 Å². The van der Waals surface area contributed by atoms with Crippen molar-refractivity contribution >= 4 is 54.1 Å². The lowest BCUT2D eigenvalue weighted by molar-refractivity contribution is 0.794. The Morgan fingerprint density at radius 2 is 0.691 bits per heavy atom. The molecule has 1 heterocycles. The van der Waals surface area contributed by atoms with Crippen LogP contribution >= 0.6 is 0 Å². The van der Waals surface area contributed by atoms with Crippen LogP contribution in [0.25, 0.3) is 115 Å². The van der Waals surface area contributed by atoms with Gasteiger partial charge in [0.1, 0.15) is 0 Å². The fourth-order valence-corrected chi connectivity index (χ4v) is 9.50. The van der Waals surface area contributed by atoms with Crippen LogP contribution in [0.3, 0.4) is 0 Å². The van der Waals surface area contributed by atoms with E-state index in [-0.39, 0.29) is 0 Å². The van der Waals surface area contributed by atoms with Gasteiger partial charge in [-0.3, -0.25) is 0 Å². The summed E-state index contributed by atoms with van der Waals surface area (Å²) in [5, 5.41) is -5.61. The molecule has 0 amide bonds. The molecule has 12 aromatic carbocycles. The van der Waals surface area contributed by atoms with Crippen LogP contribution in [0.1, 0.15) is 78.5 Å². The molecule has 0 N–H and O–H groups in total. The van der Waals surface area contributed by atoms with Gasteiger partial charge in [-0.25, -0.2) is 0 Å². The molecule has 1 heteroatoms. The largest absolute Gasteiger partial charge is 0.309 e. The summed E-state index contributed by atoms with van der Waals surface area (Å²) < 4.78 is 384. The standard InChI is InChI=1S/C67H41N/c1-2-18-50-49(17-1)51-37-35-45(40-58(51)52-38-36-47(41-59(50)52)68-64-29-11-6-21-55(64)56-22-7-12-30-65(56)68)43-33-31-42(32-34-43)44-15-13-16-46(39-44)48-24-14-28-63-66(48)57-23-5-10-27-62(57)67(63)60-25-8-3-19-53(60)54-20-4-9-26-61(54)67/h1-41H/i1D,2D,3D,4D,5D,6D,7D,8D,9D,10D,11D,12D,13D,14D,15D,16D,17D,18D,19D,20D,21D,22D,23D,24D,25D,26D,27D,28D,29D,30D,31D,32D,33D,34D,35D,36D,37D,38D,39D,40D,41D. The van der Waals surface area contributed by atoms with Crippen LogP contribution in [0.5, 0.6) is 0 Å². The first-order chi connectivity index (χ1) is 50.8. The molecule has 0 saturated carbocycles. The Labute approximate surface area is 452 Å². The van der Waals surface area contributed by atoms with Gasteiger partial charge in [0.25, 0.3) is 0 Å². The molecule has 68 heavy (non-hydrogen) atoms. The van der Waals surface area contributed by atoms with Crippen LogP contribution < -0.4 is 0 Å². The Kier molecular flexibility index (Phi) is 3.19. The van der Waals surface area contributed by atoms with E-state index >= 15 is 0 Å². The molecule has 0 fully saturated rings. The summed E-state index contributed by atoms with van der Waals surface area (Å²) in [6.07, 6.45) is 0. The summed E-state index contributed by atoms with van der Waals surface area (Å²) in [5.74, 6) is 0. The lowest BCUT2D eigenvalue weighted by atomic mass is 9.70. The Morgan fingerprint density at radius 1 is 0.265 bits per heavy atom. The Balaban J connectivity index is 1.05. The van der Waals surface area contributed by atoms with Gasteiger partial charge in [-0.2, -0.15) is 0 Å². The smallest absolute Gasteiger partial charge is 0.0725 e. The number of fused-ring (bicyclic) bond motifs is 19. The van der Waals surface area contributed by atoms with Gasteiger partial charge in [-0.05, 0) is 146 Å². The number of hydrogen-bond acceptors (Lipinski definition) is 0. The van der Waals surface area contributed by atoms with Crippen molar-refractivity contribution in [1.29, 1.82) is 0 Å². The van der Waals surface area contributed by atoms with Gasteiger partial charge >= 0.3 is 0 Å². The molecule has 0 unspecified atom stereocenters. The highest BCUT2D eigenvalue weighted by molar-refractivity contribution is 6.26. The normalized spacial score (nSPS) is 21.6. The van der Waals surface area contributed by atoms with Crippen LogP contribution in [0.15, 0.2) is 248 Å². The molecule has 314 valence electrons. The zero-order chi connectivity index (χ0) is 80.2. The Morgan fingerprint density at radius 3 is 1.37 bits per heavy atom. The van der Waals surface area contributed by atoms with Gasteiger partial charge in [0.15, 0.2) is 0 Å². The number of rotatable bonds is 4. The average Bonchev–Trinajstić information content (AvgIpc) is 1.47. The molecular formula is C67H41N. The quantitative estimate of drug-likeness (QED) is 0.155. The molecule has 1 spiro atoms. The Bertz CT molecular complexity index is 6550. The van der Waals surface area contributed by atoms with E-state index in [1.54, 1.807) is 0 Å². The third-order valence-corrected chi connectivity index (χ3v) is 12.2. The summed E-state index contributed by atoms with van der Waals surface area (Å²) in [6.45, 7) is 0. The first kappa shape index (κ1) is 15.4. The zero-order valence-electron chi connectivity index (χ0n) is 74.9. The lowest BCUT2D eigenvalue weighted by Gasteiger charge is -2.30. The second kappa shape index (κ2) is 14.1. The van der Waals surface area contributed by atoms with Crippen LogP contribution in [-0.2, 0) is 5.41 Å². The van der Waals surface area contributed by atoms with E-state index in [1.165, 1.54) is 0 Å². The number of aromatic nitrogens is 1. The monoisotopic (exact) mass is 901 g/mol. The zero-order valence-corrected chi connectivity index (χ0v) is 33.9. The molecule has 15 rings (SSSR count). The highest BCUT2D eigenvalue weighted by atomic mass is 15.0. The van der Waals surface area contributed by atoms with E-state index in [4.69, 9.17) is 21.9 Å². The van der Waals surface area contributed by atoms with E-state index in [2.05, 4.69) is 0 Å². The highest BCUT2D eigenvalue weighted by Crippen LogP contribution is 2.64. The summed E-state index contributed by atoms with van der Waals surface area (Å²) >= 11 is 0. The molecule has 2 aliphatic carbocycles. The molecule has 0 saturated heterocycles. The van der Waals surface area contributed by atoms with Crippen molar-refractivity contribution < 1.29 is 56.2 Å². The van der Waals surface area contributed by atoms with Gasteiger partial charge in [-0.1, -0.05) is 211 Å². The molecule has 0 bridgehead atoms. The van der Waals surface area contributed by atoms with Crippen molar-refractivity contribution in [2.75, 3.05) is 0 Å². The third kappa shape index (κ3) is 5.05. The summed E-state index contributed by atoms with van der Waals surface area (Å²) in [6, 6.07) is -43.4. The SMILES string of the molecule is [2H]c1c([2H])c(-c2c([2H])c([2H])c(-c3c([2H])c([2H])c4c5c([2H])c([2H])c([2H])c([2H])c5c5c([2H])c(-n6c7c([2H])c([2H])c([2H])c([2H])c7c7c([2H])c([2H])c([2H])c([2H])c76)c([2H])c([2H])c5c4c3[2H])c([2H])c2[2H])c([2H])c(-c2c([2H])c([2H])c([2H])c3c2-c2c([2H])c([2H])c([2H])c([2H])c2C32c3c([2H])c([2H])c([2H])c([2H])c3-c3c([2H])c([2H])c([2H])c([2H])c32)c1[2H]. The van der Waals surface area contributed by atoms with Gasteiger partial charge < -0.3 is 4.57 Å². The highest BCUT2D eigenvalue weighted by Gasteiger charge is 2.51. The maximum absolute atomic E-state index is 10.1. The summed E-state index contributed by atoms with van der Waals surface area (Å²) in [4.78, 5) is 0. The molecule has 0 radical (unpaired) electrons. The van der Waals surface area contributed by atoms with Crippen molar-refractivity contribution in [3.05, 3.63) is 270 Å². The van der Waals surface area contributed by atoms with Crippen molar-refractivity contribution in [3.63, 3.8) is 0 Å². The topological polar surface area (TPSA) is 4.93 Å². The maximum Gasteiger partial charge on any atom is 0.0725 e. The number of benzene rings is 12. The van der Waals surface area contributed by atoms with Gasteiger partial charge in [0, 0.05) is 16.5 Å². The molecule has 13 aromatic rings. The van der Waals surface area contributed by atoms with E-state index in [0.717, 1.165) is 0 Å². The molecule has 1 aromatic heterocycles. The number of para-hydroxylation sites is 2. The second-order valence-corrected chi connectivity index (χ2v) is 15.5. The second-order valence-electron chi connectivity index (χ2n) is 15.5. The first-order valence-electron chi connectivity index (χ1n) is 40.9. The Hall–Kier alpha value is -8.78. The van der Waals surface area contributed by atoms with Crippen molar-refractivity contribution in [2.45, 2.75) is 5.41 Å². The summed E-state index contributed by atoms with van der Waals surface area (Å²) in [7, 11) is 0. The third-order valence-electron chi connectivity index (χ3n) is 12.2. The molecular weight excluding hydrogens is 819 g/mol. The van der Waals surface area contributed by atoms with Crippen LogP contribution in [-0.4, -0.2) is 4.57 Å². The maximum atomic E-state index is 10.1. The van der Waals surface area contributed by atoms with Crippen LogP contribution in [0.4, 0.5) is 0 Å². The minimum atomic E-state index is -2.94. The van der Waals surface area contributed by atoms with Crippen LogP contribution in [0.2, 0.25) is 0 Å². The lowest BCUT2D eigenvalue weighted by Crippen LogP contribution is -2.25.